The molecule has 3 heteroatoms. The molecule has 1 unspecified atom stereocenters. The van der Waals surface area contributed by atoms with Crippen LogP contribution in [0.3, 0.4) is 0 Å². The van der Waals surface area contributed by atoms with E-state index in [1.807, 2.05) is 0 Å². The fourth-order valence-electron chi connectivity index (χ4n) is 3.40. The van der Waals surface area contributed by atoms with Gasteiger partial charge in [0.15, 0.2) is 0 Å². The normalized spacial score (nSPS) is 24.2. The Morgan fingerprint density at radius 2 is 1.90 bits per heavy atom. The number of benzene rings is 1. The highest BCUT2D eigenvalue weighted by Gasteiger charge is 2.23. The van der Waals surface area contributed by atoms with Gasteiger partial charge in [-0.25, -0.2) is 4.39 Å². The second-order valence-electron chi connectivity index (χ2n) is 6.39. The number of nitrogens with zero attached hydrogens (tertiary/aromatic N) is 1. The van der Waals surface area contributed by atoms with Gasteiger partial charge in [-0.05, 0) is 51.1 Å². The number of rotatable bonds is 6. The van der Waals surface area contributed by atoms with Crippen LogP contribution >= 0.6 is 0 Å². The summed E-state index contributed by atoms with van der Waals surface area (Å²) in [6.45, 7) is 3.09. The molecule has 1 atom stereocenters. The van der Waals surface area contributed by atoms with Crippen LogP contribution in [0.15, 0.2) is 24.3 Å². The van der Waals surface area contributed by atoms with Crippen LogP contribution in [-0.4, -0.2) is 29.6 Å². The summed E-state index contributed by atoms with van der Waals surface area (Å²) in [5.41, 5.74) is 0.417. The predicted octanol–water partition coefficient (Wildman–Crippen LogP) is 4.15. The highest BCUT2D eigenvalue weighted by atomic mass is 19.1. The Labute approximate surface area is 128 Å². The fourth-order valence-corrected chi connectivity index (χ4v) is 3.40. The molecule has 0 aliphatic heterocycles. The molecule has 0 aromatic heterocycles. The Morgan fingerprint density at radius 1 is 1.24 bits per heavy atom. The first-order valence-electron chi connectivity index (χ1n) is 8.24. The summed E-state index contributed by atoms with van der Waals surface area (Å²) in [7, 11) is 2.13. The maximum Gasteiger partial charge on any atom is 0.128 e. The maximum absolute atomic E-state index is 13.6. The smallest absolute Gasteiger partial charge is 0.128 e. The monoisotopic (exact) mass is 293 g/mol. The molecular weight excluding hydrogens is 265 g/mol. The third-order valence-corrected chi connectivity index (χ3v) is 5.04. The Balaban J connectivity index is 1.79. The lowest BCUT2D eigenvalue weighted by molar-refractivity contribution is 0.115. The molecular formula is C18H28FNO. The van der Waals surface area contributed by atoms with Gasteiger partial charge in [-0.2, -0.15) is 0 Å². The number of aliphatic hydroxyl groups is 1. The van der Waals surface area contributed by atoms with Crippen molar-refractivity contribution >= 4 is 0 Å². The minimum atomic E-state index is -0.708. The zero-order chi connectivity index (χ0) is 15.2. The second-order valence-corrected chi connectivity index (χ2v) is 6.39. The van der Waals surface area contributed by atoms with Crippen LogP contribution in [0.25, 0.3) is 0 Å². The topological polar surface area (TPSA) is 23.5 Å². The molecule has 1 saturated carbocycles. The van der Waals surface area contributed by atoms with Crippen molar-refractivity contribution in [2.45, 2.75) is 57.6 Å². The molecule has 0 amide bonds. The number of hydrogen-bond donors (Lipinski definition) is 1. The average molecular weight is 293 g/mol. The molecule has 1 aromatic carbocycles. The first-order chi connectivity index (χ1) is 10.1. The average Bonchev–Trinajstić information content (AvgIpc) is 2.52. The number of aliphatic hydroxyl groups excluding tert-OH is 1. The van der Waals surface area contributed by atoms with Crippen molar-refractivity contribution in [1.29, 1.82) is 0 Å². The second kappa shape index (κ2) is 7.90. The summed E-state index contributed by atoms with van der Waals surface area (Å²) in [5.74, 6) is 0.592. The Hall–Kier alpha value is -0.930. The fraction of sp³-hybridized carbons (Fsp3) is 0.667. The van der Waals surface area contributed by atoms with Crippen LogP contribution in [0.4, 0.5) is 4.39 Å². The van der Waals surface area contributed by atoms with E-state index in [9.17, 15) is 9.50 Å². The van der Waals surface area contributed by atoms with E-state index in [2.05, 4.69) is 18.9 Å². The molecule has 1 aliphatic carbocycles. The van der Waals surface area contributed by atoms with Crippen molar-refractivity contribution in [3.63, 3.8) is 0 Å². The van der Waals surface area contributed by atoms with Crippen LogP contribution in [0.1, 0.15) is 57.1 Å². The first kappa shape index (κ1) is 16.4. The van der Waals surface area contributed by atoms with Gasteiger partial charge in [0, 0.05) is 18.2 Å². The van der Waals surface area contributed by atoms with Gasteiger partial charge in [0.2, 0.25) is 0 Å². The lowest BCUT2D eigenvalue weighted by Crippen LogP contribution is -2.36. The van der Waals surface area contributed by atoms with Gasteiger partial charge >= 0.3 is 0 Å². The Morgan fingerprint density at radius 3 is 2.52 bits per heavy atom. The molecule has 1 aromatic rings. The lowest BCUT2D eigenvalue weighted by Gasteiger charge is -2.34. The third kappa shape index (κ3) is 4.52. The minimum Gasteiger partial charge on any atom is -0.388 e. The van der Waals surface area contributed by atoms with Crippen LogP contribution in [0.2, 0.25) is 0 Å². The molecule has 0 bridgehead atoms. The van der Waals surface area contributed by atoms with Crippen LogP contribution in [-0.2, 0) is 0 Å². The lowest BCUT2D eigenvalue weighted by atomic mass is 9.84. The quantitative estimate of drug-likeness (QED) is 0.851. The molecule has 0 radical (unpaired) electrons. The van der Waals surface area contributed by atoms with Gasteiger partial charge in [-0.3, -0.25) is 0 Å². The van der Waals surface area contributed by atoms with E-state index in [1.165, 1.54) is 38.2 Å². The highest BCUT2D eigenvalue weighted by molar-refractivity contribution is 5.19. The van der Waals surface area contributed by atoms with E-state index >= 15 is 0 Å². The summed E-state index contributed by atoms with van der Waals surface area (Å²) in [6.07, 6.45) is 6.33. The number of hydrogen-bond acceptors (Lipinski definition) is 2. The standard InChI is InChI=1S/C18H28FNO/c1-3-14-8-10-15(11-9-14)20(2)13-12-18(21)16-6-4-5-7-17(16)19/h4-7,14-15,18,21H,3,8-13H2,1-2H3. The summed E-state index contributed by atoms with van der Waals surface area (Å²) in [4.78, 5) is 2.34. The van der Waals surface area contributed by atoms with E-state index in [0.717, 1.165) is 12.5 Å². The van der Waals surface area contributed by atoms with Gasteiger partial charge < -0.3 is 10.0 Å². The Bertz CT molecular complexity index is 429. The molecule has 118 valence electrons. The molecule has 1 N–H and O–H groups in total. The van der Waals surface area contributed by atoms with Crippen molar-refractivity contribution in [2.24, 2.45) is 5.92 Å². The van der Waals surface area contributed by atoms with Crippen molar-refractivity contribution in [3.8, 4) is 0 Å². The minimum absolute atomic E-state index is 0.309. The van der Waals surface area contributed by atoms with Gasteiger partial charge in [0.1, 0.15) is 5.82 Å². The Kier molecular flexibility index (Phi) is 6.19. The zero-order valence-electron chi connectivity index (χ0n) is 13.3. The van der Waals surface area contributed by atoms with Crippen molar-refractivity contribution in [3.05, 3.63) is 35.6 Å². The first-order valence-corrected chi connectivity index (χ1v) is 8.24. The van der Waals surface area contributed by atoms with Gasteiger partial charge in [-0.15, -0.1) is 0 Å². The molecule has 0 heterocycles. The van der Waals surface area contributed by atoms with Crippen molar-refractivity contribution < 1.29 is 9.50 Å². The molecule has 1 fully saturated rings. The predicted molar refractivity (Wildman–Crippen MR) is 84.6 cm³/mol. The molecule has 1 aliphatic rings. The van der Waals surface area contributed by atoms with Crippen LogP contribution < -0.4 is 0 Å². The molecule has 2 rings (SSSR count). The van der Waals surface area contributed by atoms with Crippen LogP contribution in [0.5, 0.6) is 0 Å². The molecule has 0 saturated heterocycles. The number of halogens is 1. The van der Waals surface area contributed by atoms with Crippen molar-refractivity contribution in [2.75, 3.05) is 13.6 Å². The van der Waals surface area contributed by atoms with E-state index in [-0.39, 0.29) is 5.82 Å². The summed E-state index contributed by atoms with van der Waals surface area (Å²) in [5, 5.41) is 10.2. The van der Waals surface area contributed by atoms with E-state index in [1.54, 1.807) is 18.2 Å². The van der Waals surface area contributed by atoms with Gasteiger partial charge in [0.05, 0.1) is 6.10 Å². The van der Waals surface area contributed by atoms with E-state index in [0.29, 0.717) is 18.0 Å². The van der Waals surface area contributed by atoms with Crippen molar-refractivity contribution in [1.82, 2.24) is 4.90 Å². The zero-order valence-corrected chi connectivity index (χ0v) is 13.3. The van der Waals surface area contributed by atoms with Gasteiger partial charge in [0.25, 0.3) is 0 Å². The largest absolute Gasteiger partial charge is 0.388 e. The molecule has 21 heavy (non-hydrogen) atoms. The van der Waals surface area contributed by atoms with Gasteiger partial charge in [-0.1, -0.05) is 31.5 Å². The molecule has 0 spiro atoms. The third-order valence-electron chi connectivity index (χ3n) is 5.04. The summed E-state index contributed by atoms with van der Waals surface area (Å²) in [6, 6.07) is 7.14. The SMILES string of the molecule is CCC1CCC(N(C)CCC(O)c2ccccc2F)CC1. The van der Waals surface area contributed by atoms with E-state index in [4.69, 9.17) is 0 Å². The molecule has 2 nitrogen and oxygen atoms in total. The summed E-state index contributed by atoms with van der Waals surface area (Å²) < 4.78 is 13.6. The highest BCUT2D eigenvalue weighted by Crippen LogP contribution is 2.29. The van der Waals surface area contributed by atoms with Crippen LogP contribution in [0, 0.1) is 11.7 Å². The summed E-state index contributed by atoms with van der Waals surface area (Å²) >= 11 is 0. The maximum atomic E-state index is 13.6. The van der Waals surface area contributed by atoms with E-state index < -0.39 is 6.10 Å².